The van der Waals surface area contributed by atoms with Crippen LogP contribution in [0.1, 0.15) is 24.0 Å². The molecule has 35 heavy (non-hydrogen) atoms. The largest absolute Gasteiger partial charge is 0.493 e. The first-order valence-corrected chi connectivity index (χ1v) is 12.0. The van der Waals surface area contributed by atoms with Gasteiger partial charge in [0.1, 0.15) is 6.61 Å². The number of hydrazone groups is 1. The predicted octanol–water partition coefficient (Wildman–Crippen LogP) is 6.21. The van der Waals surface area contributed by atoms with Crippen molar-refractivity contribution in [2.75, 3.05) is 12.4 Å². The molecule has 0 fully saturated rings. The molecule has 0 saturated heterocycles. The third-order valence-electron chi connectivity index (χ3n) is 4.67. The number of amides is 2. The number of anilines is 1. The van der Waals surface area contributed by atoms with Crippen molar-refractivity contribution in [3.63, 3.8) is 0 Å². The zero-order valence-corrected chi connectivity index (χ0v) is 21.8. The van der Waals surface area contributed by atoms with Crippen LogP contribution in [0.25, 0.3) is 0 Å². The Labute approximate surface area is 221 Å². The minimum Gasteiger partial charge on any atom is -0.493 e. The highest BCUT2D eigenvalue weighted by Gasteiger charge is 2.13. The molecule has 0 radical (unpaired) electrons. The molecule has 0 unspecified atom stereocenters. The molecular formula is C25H22BrCl2N3O4. The maximum absolute atomic E-state index is 12.0. The third-order valence-corrected chi connectivity index (χ3v) is 5.86. The molecule has 0 saturated carbocycles. The second kappa shape index (κ2) is 13.1. The van der Waals surface area contributed by atoms with Crippen LogP contribution in [0, 0.1) is 0 Å². The van der Waals surface area contributed by atoms with E-state index in [0.29, 0.717) is 37.3 Å². The second-order valence-corrected chi connectivity index (χ2v) is 8.96. The molecule has 0 atom stereocenters. The molecule has 3 aromatic carbocycles. The molecule has 0 spiro atoms. The number of hydrogen-bond acceptors (Lipinski definition) is 5. The molecule has 0 heterocycles. The first-order chi connectivity index (χ1) is 16.9. The maximum atomic E-state index is 12.0. The van der Waals surface area contributed by atoms with E-state index in [1.165, 1.54) is 13.3 Å². The average Bonchev–Trinajstić information content (AvgIpc) is 2.83. The van der Waals surface area contributed by atoms with E-state index >= 15 is 0 Å². The monoisotopic (exact) mass is 577 g/mol. The van der Waals surface area contributed by atoms with Gasteiger partial charge in [-0.25, -0.2) is 5.43 Å². The standard InChI is InChI=1S/C25H22BrCl2N3O4/c1-34-22-12-16(11-20(26)25(22)35-15-17-5-2-3-8-21(17)28)14-29-31-24(33)10-9-23(32)30-19-7-4-6-18(27)13-19/h2-8,11-14H,9-10,15H2,1H3,(H,30,32)(H,31,33). The second-order valence-electron chi connectivity index (χ2n) is 7.27. The Bertz CT molecular complexity index is 1240. The van der Waals surface area contributed by atoms with Gasteiger partial charge in [0.05, 0.1) is 17.8 Å². The van der Waals surface area contributed by atoms with Crippen molar-refractivity contribution in [1.82, 2.24) is 5.43 Å². The van der Waals surface area contributed by atoms with Gasteiger partial charge >= 0.3 is 0 Å². The van der Waals surface area contributed by atoms with Crippen molar-refractivity contribution < 1.29 is 19.1 Å². The van der Waals surface area contributed by atoms with Crippen molar-refractivity contribution in [2.24, 2.45) is 5.10 Å². The number of benzene rings is 3. The first-order valence-electron chi connectivity index (χ1n) is 10.5. The van der Waals surface area contributed by atoms with E-state index in [1.54, 1.807) is 42.5 Å². The van der Waals surface area contributed by atoms with Crippen LogP contribution < -0.4 is 20.2 Å². The van der Waals surface area contributed by atoms with Crippen LogP contribution in [0.3, 0.4) is 0 Å². The molecule has 0 aliphatic carbocycles. The Hall–Kier alpha value is -3.07. The van der Waals surface area contributed by atoms with Crippen molar-refractivity contribution in [2.45, 2.75) is 19.4 Å². The Balaban J connectivity index is 1.52. The fourth-order valence-electron chi connectivity index (χ4n) is 2.97. The number of carbonyl (C=O) groups is 2. The van der Waals surface area contributed by atoms with Crippen molar-refractivity contribution in [1.29, 1.82) is 0 Å². The number of nitrogens with one attached hydrogen (secondary N) is 2. The van der Waals surface area contributed by atoms with Crippen LogP contribution in [-0.4, -0.2) is 25.1 Å². The van der Waals surface area contributed by atoms with E-state index in [0.717, 1.165) is 5.56 Å². The Morgan fingerprint density at radius 3 is 2.54 bits per heavy atom. The van der Waals surface area contributed by atoms with Gasteiger partial charge in [-0.3, -0.25) is 9.59 Å². The summed E-state index contributed by atoms with van der Waals surface area (Å²) >= 11 is 15.6. The van der Waals surface area contributed by atoms with Crippen molar-refractivity contribution in [3.05, 3.63) is 86.3 Å². The van der Waals surface area contributed by atoms with E-state index in [4.69, 9.17) is 32.7 Å². The van der Waals surface area contributed by atoms with Gasteiger partial charge in [0.25, 0.3) is 0 Å². The minimum atomic E-state index is -0.395. The summed E-state index contributed by atoms with van der Waals surface area (Å²) in [5, 5.41) is 7.77. The van der Waals surface area contributed by atoms with Crippen LogP contribution in [0.4, 0.5) is 5.69 Å². The summed E-state index contributed by atoms with van der Waals surface area (Å²) in [5.74, 6) is 0.303. The highest BCUT2D eigenvalue weighted by Crippen LogP contribution is 2.37. The maximum Gasteiger partial charge on any atom is 0.240 e. The van der Waals surface area contributed by atoms with E-state index in [2.05, 4.69) is 31.8 Å². The number of carbonyl (C=O) groups excluding carboxylic acids is 2. The van der Waals surface area contributed by atoms with Crippen molar-refractivity contribution >= 4 is 62.8 Å². The average molecular weight is 579 g/mol. The molecule has 7 nitrogen and oxygen atoms in total. The van der Waals surface area contributed by atoms with Gasteiger partial charge in [0.2, 0.25) is 11.8 Å². The van der Waals surface area contributed by atoms with Gasteiger partial charge in [-0.15, -0.1) is 0 Å². The number of methoxy groups -OCH3 is 1. The highest BCUT2D eigenvalue weighted by atomic mass is 79.9. The van der Waals surface area contributed by atoms with E-state index < -0.39 is 5.91 Å². The molecule has 0 aliphatic rings. The van der Waals surface area contributed by atoms with Crippen LogP contribution in [0.5, 0.6) is 11.5 Å². The Kier molecular flexibility index (Phi) is 9.96. The van der Waals surface area contributed by atoms with Gasteiger partial charge in [0.15, 0.2) is 11.5 Å². The minimum absolute atomic E-state index is 0.00467. The lowest BCUT2D eigenvalue weighted by Crippen LogP contribution is -2.20. The lowest BCUT2D eigenvalue weighted by atomic mass is 10.2. The summed E-state index contributed by atoms with van der Waals surface area (Å²) in [6.07, 6.45) is 1.45. The fourth-order valence-corrected chi connectivity index (χ4v) is 3.93. The Morgan fingerprint density at radius 2 is 1.80 bits per heavy atom. The van der Waals surface area contributed by atoms with Gasteiger partial charge < -0.3 is 14.8 Å². The van der Waals surface area contributed by atoms with Gasteiger partial charge in [-0.2, -0.15) is 5.10 Å². The summed E-state index contributed by atoms with van der Waals surface area (Å²) < 4.78 is 12.0. The molecule has 3 rings (SSSR count). The quantitative estimate of drug-likeness (QED) is 0.221. The third kappa shape index (κ3) is 8.28. The number of halogens is 3. The van der Waals surface area contributed by atoms with Gasteiger partial charge in [0, 0.05) is 34.1 Å². The fraction of sp³-hybridized carbons (Fsp3) is 0.160. The number of rotatable bonds is 10. The van der Waals surface area contributed by atoms with E-state index in [1.807, 2.05) is 18.2 Å². The van der Waals surface area contributed by atoms with Crippen LogP contribution in [-0.2, 0) is 16.2 Å². The molecule has 0 bridgehead atoms. The van der Waals surface area contributed by atoms with E-state index in [-0.39, 0.29) is 25.4 Å². The van der Waals surface area contributed by atoms with Crippen LogP contribution >= 0.6 is 39.1 Å². The molecule has 0 aromatic heterocycles. The Morgan fingerprint density at radius 1 is 1.03 bits per heavy atom. The SMILES string of the molecule is COc1cc(C=NNC(=O)CCC(=O)Nc2cccc(Cl)c2)cc(Br)c1OCc1ccccc1Cl. The van der Waals surface area contributed by atoms with Crippen molar-refractivity contribution in [3.8, 4) is 11.5 Å². The number of hydrogen-bond donors (Lipinski definition) is 2. The normalized spacial score (nSPS) is 10.7. The summed E-state index contributed by atoms with van der Waals surface area (Å²) in [6, 6.07) is 17.7. The molecule has 3 aromatic rings. The summed E-state index contributed by atoms with van der Waals surface area (Å²) in [5.41, 5.74) is 4.49. The molecule has 2 N–H and O–H groups in total. The lowest BCUT2D eigenvalue weighted by Gasteiger charge is -2.14. The topological polar surface area (TPSA) is 89.0 Å². The molecule has 0 aliphatic heterocycles. The number of nitrogens with zero attached hydrogens (tertiary/aromatic N) is 1. The molecule has 182 valence electrons. The molecule has 10 heteroatoms. The summed E-state index contributed by atoms with van der Waals surface area (Å²) in [4.78, 5) is 24.1. The first kappa shape index (κ1) is 26.5. The zero-order valence-electron chi connectivity index (χ0n) is 18.7. The molecular weight excluding hydrogens is 557 g/mol. The highest BCUT2D eigenvalue weighted by molar-refractivity contribution is 9.10. The van der Waals surface area contributed by atoms with Crippen LogP contribution in [0.2, 0.25) is 10.0 Å². The lowest BCUT2D eigenvalue weighted by molar-refractivity contribution is -0.124. The number of ether oxygens (including phenoxy) is 2. The van der Waals surface area contributed by atoms with Crippen LogP contribution in [0.15, 0.2) is 70.2 Å². The zero-order chi connectivity index (χ0) is 25.2. The van der Waals surface area contributed by atoms with Gasteiger partial charge in [-0.1, -0.05) is 47.5 Å². The summed E-state index contributed by atoms with van der Waals surface area (Å²) in [7, 11) is 1.53. The van der Waals surface area contributed by atoms with E-state index in [9.17, 15) is 9.59 Å². The summed E-state index contributed by atoms with van der Waals surface area (Å²) in [6.45, 7) is 0.267. The van der Waals surface area contributed by atoms with Gasteiger partial charge in [-0.05, 0) is 57.9 Å². The smallest absolute Gasteiger partial charge is 0.240 e. The molecule has 2 amide bonds. The predicted molar refractivity (Wildman–Crippen MR) is 142 cm³/mol.